The van der Waals surface area contributed by atoms with Gasteiger partial charge in [0.25, 0.3) is 0 Å². The van der Waals surface area contributed by atoms with Crippen LogP contribution in [0.1, 0.15) is 31.2 Å². The molecule has 0 saturated carbocycles. The first-order valence-electron chi connectivity index (χ1n) is 7.00. The molecule has 1 aromatic rings. The molecule has 1 heterocycles. The Bertz CT molecular complexity index is 483. The maximum atomic E-state index is 12.4. The van der Waals surface area contributed by atoms with E-state index in [-0.39, 0.29) is 11.9 Å². The molecule has 4 nitrogen and oxygen atoms in total. The van der Waals surface area contributed by atoms with E-state index in [1.807, 2.05) is 19.1 Å². The third-order valence-electron chi connectivity index (χ3n) is 3.61. The fourth-order valence-corrected chi connectivity index (χ4v) is 3.05. The van der Waals surface area contributed by atoms with Gasteiger partial charge in [-0.1, -0.05) is 28.8 Å². The van der Waals surface area contributed by atoms with E-state index in [0.29, 0.717) is 5.75 Å². The number of amides is 1. The summed E-state index contributed by atoms with van der Waals surface area (Å²) in [5, 5.41) is 6.31. The van der Waals surface area contributed by atoms with Crippen LogP contribution >= 0.6 is 15.9 Å². The number of halogens is 1. The molecule has 110 valence electrons. The minimum absolute atomic E-state index is 0.0237. The van der Waals surface area contributed by atoms with E-state index in [0.717, 1.165) is 41.5 Å². The first-order valence-corrected chi connectivity index (χ1v) is 7.79. The predicted octanol–water partition coefficient (Wildman–Crippen LogP) is 3.24. The Hall–Kier alpha value is -1.07. The van der Waals surface area contributed by atoms with Crippen molar-refractivity contribution in [3.8, 4) is 5.75 Å². The highest BCUT2D eigenvalue weighted by atomic mass is 79.9. The maximum Gasteiger partial charge on any atom is 0.241 e. The number of hydrogen-bond acceptors (Lipinski definition) is 3. The van der Waals surface area contributed by atoms with Crippen LogP contribution in [0.25, 0.3) is 0 Å². The number of anilines is 1. The van der Waals surface area contributed by atoms with E-state index in [2.05, 4.69) is 26.6 Å². The van der Waals surface area contributed by atoms with E-state index in [4.69, 9.17) is 4.74 Å². The fourth-order valence-electron chi connectivity index (χ4n) is 2.50. The Morgan fingerprint density at radius 2 is 2.20 bits per heavy atom. The zero-order chi connectivity index (χ0) is 14.5. The second kappa shape index (κ2) is 7.09. The van der Waals surface area contributed by atoms with E-state index >= 15 is 0 Å². The second-order valence-electron chi connectivity index (χ2n) is 5.15. The van der Waals surface area contributed by atoms with Gasteiger partial charge in [0, 0.05) is 4.47 Å². The average molecular weight is 341 g/mol. The summed E-state index contributed by atoms with van der Waals surface area (Å²) in [6.07, 6.45) is 4.33. The van der Waals surface area contributed by atoms with Crippen LogP contribution in [0.5, 0.6) is 5.75 Å². The predicted molar refractivity (Wildman–Crippen MR) is 84.3 cm³/mol. The van der Waals surface area contributed by atoms with Gasteiger partial charge in [-0.3, -0.25) is 4.79 Å². The largest absolute Gasteiger partial charge is 0.495 e. The van der Waals surface area contributed by atoms with Gasteiger partial charge in [0.2, 0.25) is 5.91 Å². The molecular weight excluding hydrogens is 320 g/mol. The molecule has 0 bridgehead atoms. The molecule has 0 aromatic heterocycles. The number of hydrogen-bond donors (Lipinski definition) is 2. The standard InChI is InChI=1S/C15H21BrN2O2/c1-10-8-11(16)9-13(20-2)14(10)18-15(19)12-6-4-3-5-7-17-12/h8-9,12,17H,3-7H2,1-2H3,(H,18,19). The van der Waals surface area contributed by atoms with Crippen LogP contribution in [0.3, 0.4) is 0 Å². The molecule has 1 aliphatic rings. The summed E-state index contributed by atoms with van der Waals surface area (Å²) in [5.41, 5.74) is 1.74. The quantitative estimate of drug-likeness (QED) is 0.887. The lowest BCUT2D eigenvalue weighted by Gasteiger charge is -2.18. The van der Waals surface area contributed by atoms with Crippen molar-refractivity contribution in [3.05, 3.63) is 22.2 Å². The van der Waals surface area contributed by atoms with Crippen molar-refractivity contribution >= 4 is 27.5 Å². The van der Waals surface area contributed by atoms with Crippen molar-refractivity contribution in [2.24, 2.45) is 0 Å². The lowest BCUT2D eigenvalue weighted by Crippen LogP contribution is -2.40. The van der Waals surface area contributed by atoms with E-state index in [9.17, 15) is 4.79 Å². The third-order valence-corrected chi connectivity index (χ3v) is 4.07. The number of benzene rings is 1. The van der Waals surface area contributed by atoms with Gasteiger partial charge in [-0.05, 0) is 44.0 Å². The van der Waals surface area contributed by atoms with Crippen molar-refractivity contribution < 1.29 is 9.53 Å². The van der Waals surface area contributed by atoms with Gasteiger partial charge in [0.1, 0.15) is 5.75 Å². The number of carbonyl (C=O) groups excluding carboxylic acids is 1. The van der Waals surface area contributed by atoms with Crippen molar-refractivity contribution in [2.45, 2.75) is 38.6 Å². The molecule has 1 aromatic carbocycles. The second-order valence-corrected chi connectivity index (χ2v) is 6.06. The van der Waals surface area contributed by atoms with Crippen LogP contribution in [0, 0.1) is 6.92 Å². The van der Waals surface area contributed by atoms with Gasteiger partial charge in [-0.25, -0.2) is 0 Å². The monoisotopic (exact) mass is 340 g/mol. The number of rotatable bonds is 3. The molecule has 1 fully saturated rings. The minimum atomic E-state index is -0.106. The highest BCUT2D eigenvalue weighted by molar-refractivity contribution is 9.10. The van der Waals surface area contributed by atoms with Crippen LogP contribution in [0.4, 0.5) is 5.69 Å². The highest BCUT2D eigenvalue weighted by Crippen LogP contribution is 2.32. The van der Waals surface area contributed by atoms with Gasteiger partial charge >= 0.3 is 0 Å². The van der Waals surface area contributed by atoms with Crippen molar-refractivity contribution in [1.29, 1.82) is 0 Å². The molecule has 2 N–H and O–H groups in total. The molecule has 1 amide bonds. The normalized spacial score (nSPS) is 19.2. The molecule has 0 aliphatic carbocycles. The van der Waals surface area contributed by atoms with E-state index in [1.165, 1.54) is 6.42 Å². The zero-order valence-electron chi connectivity index (χ0n) is 12.0. The molecule has 0 radical (unpaired) electrons. The lowest BCUT2D eigenvalue weighted by atomic mass is 10.1. The van der Waals surface area contributed by atoms with Crippen molar-refractivity contribution in [2.75, 3.05) is 19.0 Å². The molecule has 20 heavy (non-hydrogen) atoms. The summed E-state index contributed by atoms with van der Waals surface area (Å²) in [5.74, 6) is 0.703. The Labute approximate surface area is 128 Å². The first-order chi connectivity index (χ1) is 9.61. The van der Waals surface area contributed by atoms with Crippen LogP contribution in [0.15, 0.2) is 16.6 Å². The smallest absolute Gasteiger partial charge is 0.241 e. The lowest BCUT2D eigenvalue weighted by molar-refractivity contribution is -0.118. The molecule has 2 rings (SSSR count). The third kappa shape index (κ3) is 3.73. The van der Waals surface area contributed by atoms with E-state index < -0.39 is 0 Å². The summed E-state index contributed by atoms with van der Waals surface area (Å²) >= 11 is 3.44. The van der Waals surface area contributed by atoms with Crippen molar-refractivity contribution in [1.82, 2.24) is 5.32 Å². The summed E-state index contributed by atoms with van der Waals surface area (Å²) in [6.45, 7) is 2.87. The number of aryl methyl sites for hydroxylation is 1. The summed E-state index contributed by atoms with van der Waals surface area (Å²) in [6, 6.07) is 3.73. The Balaban J connectivity index is 2.14. The Kier molecular flexibility index (Phi) is 5.43. The summed E-state index contributed by atoms with van der Waals surface area (Å²) in [4.78, 5) is 12.4. The van der Waals surface area contributed by atoms with Crippen LogP contribution < -0.4 is 15.4 Å². The van der Waals surface area contributed by atoms with Gasteiger partial charge in [0.15, 0.2) is 0 Å². The number of methoxy groups -OCH3 is 1. The highest BCUT2D eigenvalue weighted by Gasteiger charge is 2.21. The summed E-state index contributed by atoms with van der Waals surface area (Å²) in [7, 11) is 1.61. The summed E-state index contributed by atoms with van der Waals surface area (Å²) < 4.78 is 6.30. The maximum absolute atomic E-state index is 12.4. The molecule has 1 saturated heterocycles. The Morgan fingerprint density at radius 1 is 1.40 bits per heavy atom. The van der Waals surface area contributed by atoms with Gasteiger partial charge in [-0.15, -0.1) is 0 Å². The molecule has 1 unspecified atom stereocenters. The van der Waals surface area contributed by atoms with Gasteiger partial charge in [-0.2, -0.15) is 0 Å². The van der Waals surface area contributed by atoms with Crippen LogP contribution in [-0.2, 0) is 4.79 Å². The fraction of sp³-hybridized carbons (Fsp3) is 0.533. The Morgan fingerprint density at radius 3 is 2.95 bits per heavy atom. The van der Waals surface area contributed by atoms with Gasteiger partial charge < -0.3 is 15.4 Å². The number of carbonyl (C=O) groups is 1. The number of nitrogens with one attached hydrogen (secondary N) is 2. The van der Waals surface area contributed by atoms with Crippen molar-refractivity contribution in [3.63, 3.8) is 0 Å². The molecule has 0 spiro atoms. The molecular formula is C15H21BrN2O2. The van der Waals surface area contributed by atoms with Gasteiger partial charge in [0.05, 0.1) is 18.8 Å². The van der Waals surface area contributed by atoms with Crippen LogP contribution in [0.2, 0.25) is 0 Å². The topological polar surface area (TPSA) is 50.4 Å². The minimum Gasteiger partial charge on any atom is -0.495 e. The average Bonchev–Trinajstić information content (AvgIpc) is 2.70. The van der Waals surface area contributed by atoms with Crippen LogP contribution in [-0.4, -0.2) is 25.6 Å². The molecule has 1 atom stereocenters. The first kappa shape index (κ1) is 15.3. The van der Waals surface area contributed by atoms with E-state index in [1.54, 1.807) is 7.11 Å². The zero-order valence-corrected chi connectivity index (χ0v) is 13.5. The number of ether oxygens (including phenoxy) is 1. The molecule has 5 heteroatoms. The molecule has 1 aliphatic heterocycles. The SMILES string of the molecule is COc1cc(Br)cc(C)c1NC(=O)C1CCCCCN1.